The van der Waals surface area contributed by atoms with Crippen molar-refractivity contribution in [2.75, 3.05) is 0 Å². The zero-order valence-corrected chi connectivity index (χ0v) is 20.1. The number of hydrogen-bond donors (Lipinski definition) is 0. The van der Waals surface area contributed by atoms with Crippen molar-refractivity contribution in [1.29, 1.82) is 0 Å². The normalized spacial score (nSPS) is 47.9. The Labute approximate surface area is 177 Å². The molecule has 0 aromatic heterocycles. The molecule has 4 aliphatic carbocycles. The van der Waals surface area contributed by atoms with Gasteiger partial charge in [-0.25, -0.2) is 0 Å². The van der Waals surface area contributed by atoms with Crippen molar-refractivity contribution in [2.24, 2.45) is 58.2 Å². The third-order valence-corrected chi connectivity index (χ3v) is 11.6. The van der Waals surface area contributed by atoms with E-state index in [1.165, 1.54) is 25.7 Å². The molecule has 0 nitrogen and oxygen atoms in total. The van der Waals surface area contributed by atoms with Gasteiger partial charge in [-0.3, -0.25) is 0 Å². The molecule has 28 heavy (non-hydrogen) atoms. The van der Waals surface area contributed by atoms with Crippen molar-refractivity contribution in [3.8, 4) is 0 Å². The maximum Gasteiger partial charge on any atom is -0.0264 e. The van der Waals surface area contributed by atoms with Crippen LogP contribution in [0.1, 0.15) is 119 Å². The molecule has 4 fully saturated rings. The Kier molecular flexibility index (Phi) is 6.01. The molecule has 0 N–H and O–H groups in total. The molecule has 0 radical (unpaired) electrons. The molecule has 4 rings (SSSR count). The Hall–Kier alpha value is 0. The van der Waals surface area contributed by atoms with Crippen LogP contribution in [0.15, 0.2) is 0 Å². The summed E-state index contributed by atoms with van der Waals surface area (Å²) in [6, 6.07) is 0. The molecule has 0 bridgehead atoms. The number of hydrogen-bond acceptors (Lipinski definition) is 0. The van der Waals surface area contributed by atoms with E-state index in [1.807, 2.05) is 0 Å². The highest BCUT2D eigenvalue weighted by atomic mass is 14.6. The van der Waals surface area contributed by atoms with Crippen LogP contribution in [0.25, 0.3) is 0 Å². The van der Waals surface area contributed by atoms with Crippen LogP contribution < -0.4 is 0 Å². The molecule has 0 aliphatic heterocycles. The highest BCUT2D eigenvalue weighted by Gasteiger charge is 2.60. The van der Waals surface area contributed by atoms with Crippen LogP contribution in [0.5, 0.6) is 0 Å². The van der Waals surface area contributed by atoms with Gasteiger partial charge in [0.25, 0.3) is 0 Å². The summed E-state index contributed by atoms with van der Waals surface area (Å²) in [5.41, 5.74) is 1.37. The average Bonchev–Trinajstić information content (AvgIpc) is 3.02. The molecule has 0 heterocycles. The minimum Gasteiger partial charge on any atom is -0.0625 e. The fourth-order valence-corrected chi connectivity index (χ4v) is 9.33. The van der Waals surface area contributed by atoms with Gasteiger partial charge < -0.3 is 0 Å². The van der Waals surface area contributed by atoms with Crippen molar-refractivity contribution >= 4 is 0 Å². The summed E-state index contributed by atoms with van der Waals surface area (Å²) in [7, 11) is 0. The smallest absolute Gasteiger partial charge is 0.0264 e. The summed E-state index contributed by atoms with van der Waals surface area (Å²) >= 11 is 0. The molecule has 9 atom stereocenters. The lowest BCUT2D eigenvalue weighted by molar-refractivity contribution is -0.114. The van der Waals surface area contributed by atoms with Gasteiger partial charge in [0.05, 0.1) is 0 Å². The quantitative estimate of drug-likeness (QED) is 0.443. The van der Waals surface area contributed by atoms with Gasteiger partial charge >= 0.3 is 0 Å². The predicted octanol–water partition coefficient (Wildman–Crippen LogP) is 8.74. The first kappa shape index (κ1) is 21.2. The van der Waals surface area contributed by atoms with Crippen LogP contribution in [0.3, 0.4) is 0 Å². The SMILES string of the molecule is CC(C)C(C)CC[C@@H](C)[C@H]1CC[C@H]2[C@@H]3CC[C@H]4CCCC[C@]4(C)[C@H]3CC[C@]12C. The zero-order chi connectivity index (χ0) is 20.1. The van der Waals surface area contributed by atoms with Crippen molar-refractivity contribution < 1.29 is 0 Å². The predicted molar refractivity (Wildman–Crippen MR) is 122 cm³/mol. The maximum atomic E-state index is 2.75. The Morgan fingerprint density at radius 2 is 1.46 bits per heavy atom. The third kappa shape index (κ3) is 3.41. The van der Waals surface area contributed by atoms with Crippen LogP contribution in [0.2, 0.25) is 0 Å². The molecule has 0 heteroatoms. The van der Waals surface area contributed by atoms with Crippen LogP contribution >= 0.6 is 0 Å². The maximum absolute atomic E-state index is 2.75. The summed E-state index contributed by atoms with van der Waals surface area (Å²) < 4.78 is 0. The largest absolute Gasteiger partial charge is 0.0625 e. The van der Waals surface area contributed by atoms with Gasteiger partial charge in [-0.05, 0) is 110 Å². The molecular weight excluding hydrogens is 336 g/mol. The van der Waals surface area contributed by atoms with Crippen molar-refractivity contribution in [3.63, 3.8) is 0 Å². The van der Waals surface area contributed by atoms with Gasteiger partial charge in [0.15, 0.2) is 0 Å². The molecule has 0 aromatic carbocycles. The lowest BCUT2D eigenvalue weighted by Crippen LogP contribution is -2.53. The second-order valence-electron chi connectivity index (χ2n) is 12.9. The van der Waals surface area contributed by atoms with Crippen LogP contribution in [-0.2, 0) is 0 Å². The van der Waals surface area contributed by atoms with E-state index < -0.39 is 0 Å². The summed E-state index contributed by atoms with van der Waals surface area (Å²) in [6.45, 7) is 15.4. The Balaban J connectivity index is 1.46. The van der Waals surface area contributed by atoms with Gasteiger partial charge in [-0.2, -0.15) is 0 Å². The topological polar surface area (TPSA) is 0 Å². The lowest BCUT2D eigenvalue weighted by Gasteiger charge is -2.61. The molecular formula is C28H50. The van der Waals surface area contributed by atoms with Gasteiger partial charge in [0.2, 0.25) is 0 Å². The third-order valence-electron chi connectivity index (χ3n) is 11.6. The fraction of sp³-hybridized carbons (Fsp3) is 1.00. The van der Waals surface area contributed by atoms with E-state index in [9.17, 15) is 0 Å². The monoisotopic (exact) mass is 386 g/mol. The van der Waals surface area contributed by atoms with Crippen LogP contribution in [0.4, 0.5) is 0 Å². The van der Waals surface area contributed by atoms with Crippen LogP contribution in [0, 0.1) is 58.2 Å². The number of fused-ring (bicyclic) bond motifs is 5. The molecule has 0 saturated heterocycles. The van der Waals surface area contributed by atoms with E-state index in [1.54, 1.807) is 51.4 Å². The van der Waals surface area contributed by atoms with Gasteiger partial charge in [0.1, 0.15) is 0 Å². The first-order valence-electron chi connectivity index (χ1n) is 13.3. The zero-order valence-electron chi connectivity index (χ0n) is 20.1. The van der Waals surface area contributed by atoms with E-state index >= 15 is 0 Å². The van der Waals surface area contributed by atoms with E-state index in [4.69, 9.17) is 0 Å². The number of rotatable bonds is 5. The van der Waals surface area contributed by atoms with E-state index in [0.29, 0.717) is 10.8 Å². The molecule has 0 spiro atoms. The van der Waals surface area contributed by atoms with E-state index in [0.717, 1.165) is 47.3 Å². The second-order valence-corrected chi connectivity index (χ2v) is 12.9. The molecule has 1 unspecified atom stereocenters. The Bertz CT molecular complexity index is 534. The Morgan fingerprint density at radius 1 is 0.714 bits per heavy atom. The minimum absolute atomic E-state index is 0.666. The van der Waals surface area contributed by atoms with Crippen molar-refractivity contribution in [2.45, 2.75) is 119 Å². The van der Waals surface area contributed by atoms with E-state index in [-0.39, 0.29) is 0 Å². The molecule has 162 valence electrons. The summed E-state index contributed by atoms with van der Waals surface area (Å²) in [6.07, 6.45) is 18.4. The van der Waals surface area contributed by atoms with Gasteiger partial charge in [-0.1, -0.05) is 67.2 Å². The standard InChI is InChI=1S/C28H50/c1-19(2)20(3)10-11-21(4)24-14-15-25-23-13-12-22-9-7-8-17-27(22,5)26(23)16-18-28(24,25)6/h19-26H,7-18H2,1-6H3/t20?,21-,22-,23+,24-,25+,26+,27+,28-/m1/s1. The van der Waals surface area contributed by atoms with Gasteiger partial charge in [-0.15, -0.1) is 0 Å². The highest BCUT2D eigenvalue weighted by Crippen LogP contribution is 2.68. The molecule has 0 amide bonds. The first-order chi connectivity index (χ1) is 13.3. The summed E-state index contributed by atoms with van der Waals surface area (Å²) in [5, 5.41) is 0. The van der Waals surface area contributed by atoms with Crippen molar-refractivity contribution in [1.82, 2.24) is 0 Å². The lowest BCUT2D eigenvalue weighted by atomic mass is 9.44. The molecule has 4 aliphatic rings. The average molecular weight is 387 g/mol. The van der Waals surface area contributed by atoms with E-state index in [2.05, 4.69) is 41.5 Å². The van der Waals surface area contributed by atoms with Crippen LogP contribution in [-0.4, -0.2) is 0 Å². The fourth-order valence-electron chi connectivity index (χ4n) is 9.33. The highest BCUT2D eigenvalue weighted by molar-refractivity contribution is 5.09. The minimum atomic E-state index is 0.666. The van der Waals surface area contributed by atoms with Crippen molar-refractivity contribution in [3.05, 3.63) is 0 Å². The Morgan fingerprint density at radius 3 is 2.21 bits per heavy atom. The first-order valence-corrected chi connectivity index (χ1v) is 13.3. The molecule has 0 aromatic rings. The summed E-state index contributed by atoms with van der Waals surface area (Å²) in [5.74, 6) is 7.96. The molecule has 4 saturated carbocycles. The second kappa shape index (κ2) is 7.92. The summed E-state index contributed by atoms with van der Waals surface area (Å²) in [4.78, 5) is 0. The van der Waals surface area contributed by atoms with Gasteiger partial charge in [0, 0.05) is 0 Å².